The molecule has 0 aliphatic carbocycles. The van der Waals surface area contributed by atoms with Crippen LogP contribution in [0.4, 0.5) is 5.69 Å². The third-order valence-electron chi connectivity index (χ3n) is 4.25. The topological polar surface area (TPSA) is 122 Å². The summed E-state index contributed by atoms with van der Waals surface area (Å²) in [5, 5.41) is 2.60. The fourth-order valence-corrected chi connectivity index (χ4v) is 3.63. The van der Waals surface area contributed by atoms with Crippen LogP contribution in [0.5, 0.6) is 0 Å². The second-order valence-electron chi connectivity index (χ2n) is 6.52. The highest BCUT2D eigenvalue weighted by atomic mass is 32.2. The van der Waals surface area contributed by atoms with E-state index in [0.29, 0.717) is 11.3 Å². The highest BCUT2D eigenvalue weighted by Crippen LogP contribution is 2.17. The Morgan fingerprint density at radius 2 is 2.00 bits per heavy atom. The molecule has 2 heterocycles. The van der Waals surface area contributed by atoms with E-state index >= 15 is 0 Å². The van der Waals surface area contributed by atoms with Crippen LogP contribution in [0.3, 0.4) is 0 Å². The monoisotopic (exact) mass is 417 g/mol. The lowest BCUT2D eigenvalue weighted by atomic mass is 10.1. The maximum Gasteiger partial charge on any atom is 0.340 e. The molecule has 0 saturated heterocycles. The number of sulfonamides is 1. The van der Waals surface area contributed by atoms with Crippen molar-refractivity contribution in [2.75, 3.05) is 17.6 Å². The van der Waals surface area contributed by atoms with E-state index < -0.39 is 28.0 Å². The largest absolute Gasteiger partial charge is 0.449 e. The van der Waals surface area contributed by atoms with Crippen LogP contribution in [0, 0.1) is 0 Å². The molecule has 9 nitrogen and oxygen atoms in total. The Morgan fingerprint density at radius 1 is 1.24 bits per heavy atom. The average Bonchev–Trinajstić information content (AvgIpc) is 2.67. The first-order chi connectivity index (χ1) is 13.6. The minimum atomic E-state index is -3.48. The van der Waals surface area contributed by atoms with E-state index in [1.165, 1.54) is 43.2 Å². The first kappa shape index (κ1) is 20.5. The molecule has 0 radical (unpaired) electrons. The Bertz CT molecular complexity index is 1070. The van der Waals surface area contributed by atoms with Gasteiger partial charge in [0.05, 0.1) is 11.3 Å². The Balaban J connectivity index is 1.63. The van der Waals surface area contributed by atoms with Crippen molar-refractivity contribution in [2.24, 2.45) is 4.40 Å². The minimum absolute atomic E-state index is 0.134. The van der Waals surface area contributed by atoms with Crippen LogP contribution >= 0.6 is 0 Å². The Labute approximate surface area is 167 Å². The van der Waals surface area contributed by atoms with Gasteiger partial charge >= 0.3 is 5.97 Å². The third kappa shape index (κ3) is 4.96. The molecular formula is C19H19N3O6S. The predicted octanol–water partition coefficient (Wildman–Crippen LogP) is 1.26. The first-order valence-corrected chi connectivity index (χ1v) is 10.4. The lowest BCUT2D eigenvalue weighted by Gasteiger charge is -2.27. The van der Waals surface area contributed by atoms with E-state index in [4.69, 9.17) is 4.74 Å². The molecule has 10 heteroatoms. The van der Waals surface area contributed by atoms with E-state index in [0.717, 1.165) is 0 Å². The van der Waals surface area contributed by atoms with E-state index in [-0.39, 0.29) is 29.5 Å². The molecule has 152 valence electrons. The molecule has 0 spiro atoms. The van der Waals surface area contributed by atoms with E-state index in [2.05, 4.69) is 9.71 Å². The van der Waals surface area contributed by atoms with Gasteiger partial charge in [0, 0.05) is 24.0 Å². The second kappa shape index (κ2) is 8.00. The molecule has 0 bridgehead atoms. The van der Waals surface area contributed by atoms with Crippen LogP contribution in [0.1, 0.15) is 24.2 Å². The van der Waals surface area contributed by atoms with E-state index in [9.17, 15) is 22.8 Å². The van der Waals surface area contributed by atoms with Crippen LogP contribution in [0.2, 0.25) is 0 Å². The van der Waals surface area contributed by atoms with Gasteiger partial charge in [0.2, 0.25) is 0 Å². The number of carbonyl (C=O) groups is 3. The van der Waals surface area contributed by atoms with Crippen LogP contribution in [0.15, 0.2) is 52.6 Å². The Morgan fingerprint density at radius 3 is 2.72 bits per heavy atom. The number of ether oxygens (including phenoxy) is 1. The van der Waals surface area contributed by atoms with Gasteiger partial charge in [0.15, 0.2) is 11.9 Å². The molecule has 0 aromatic heterocycles. The van der Waals surface area contributed by atoms with E-state index in [1.807, 2.05) is 0 Å². The lowest BCUT2D eigenvalue weighted by molar-refractivity contribution is -0.149. The second-order valence-corrected chi connectivity index (χ2v) is 8.28. The number of amides is 1. The molecule has 0 saturated carbocycles. The third-order valence-corrected chi connectivity index (χ3v) is 5.41. The average molecular weight is 417 g/mol. The van der Waals surface area contributed by atoms with Crippen molar-refractivity contribution in [3.8, 4) is 0 Å². The number of rotatable bonds is 5. The van der Waals surface area contributed by atoms with Crippen molar-refractivity contribution in [1.29, 1.82) is 0 Å². The van der Waals surface area contributed by atoms with Crippen LogP contribution < -0.4 is 5.32 Å². The summed E-state index contributed by atoms with van der Waals surface area (Å²) >= 11 is 0. The number of esters is 1. The van der Waals surface area contributed by atoms with Gasteiger partial charge in [0.1, 0.15) is 5.84 Å². The lowest BCUT2D eigenvalue weighted by Crippen LogP contribution is -2.37. The van der Waals surface area contributed by atoms with Gasteiger partial charge in [-0.25, -0.2) is 13.2 Å². The normalized spacial score (nSPS) is 18.1. The quantitative estimate of drug-likeness (QED) is 0.565. The maximum absolute atomic E-state index is 12.4. The summed E-state index contributed by atoms with van der Waals surface area (Å²) in [4.78, 5) is 37.6. The maximum atomic E-state index is 12.4. The van der Waals surface area contributed by atoms with Gasteiger partial charge in [-0.05, 0) is 38.1 Å². The Hall–Kier alpha value is -3.27. The molecule has 2 aliphatic heterocycles. The molecule has 1 aromatic rings. The summed E-state index contributed by atoms with van der Waals surface area (Å²) in [6, 6.07) is 6.42. The molecule has 2 aliphatic rings. The van der Waals surface area contributed by atoms with Crippen molar-refractivity contribution in [3.05, 3.63) is 53.8 Å². The number of hydrogen-bond donors (Lipinski definition) is 1. The molecule has 1 aromatic carbocycles. The fraction of sp³-hybridized carbons (Fsp3) is 0.263. The number of nitrogens with zero attached hydrogens (tertiary/aromatic N) is 2. The highest BCUT2D eigenvalue weighted by molar-refractivity contribution is 7.90. The Kier molecular flexibility index (Phi) is 5.64. The summed E-state index contributed by atoms with van der Waals surface area (Å²) in [5.41, 5.74) is 1.03. The number of carbonyl (C=O) groups excluding carboxylic acids is 3. The van der Waals surface area contributed by atoms with Gasteiger partial charge in [-0.2, -0.15) is 0 Å². The van der Waals surface area contributed by atoms with Crippen LogP contribution in [0.25, 0.3) is 0 Å². The van der Waals surface area contributed by atoms with Crippen molar-refractivity contribution >= 4 is 39.2 Å². The van der Waals surface area contributed by atoms with Crippen molar-refractivity contribution < 1.29 is 27.5 Å². The number of amidine groups is 1. The molecule has 0 fully saturated rings. The summed E-state index contributed by atoms with van der Waals surface area (Å²) in [6.45, 7) is 3.02. The molecule has 29 heavy (non-hydrogen) atoms. The number of ketones is 1. The van der Waals surface area contributed by atoms with Crippen LogP contribution in [-0.4, -0.2) is 55.2 Å². The molecule has 1 N–H and O–H groups in total. The molecule has 1 atom stereocenters. The van der Waals surface area contributed by atoms with Crippen LogP contribution in [-0.2, 0) is 24.3 Å². The van der Waals surface area contributed by atoms with Gasteiger partial charge < -0.3 is 15.0 Å². The van der Waals surface area contributed by atoms with Crippen molar-refractivity contribution in [2.45, 2.75) is 20.0 Å². The van der Waals surface area contributed by atoms with Crippen molar-refractivity contribution in [3.63, 3.8) is 0 Å². The SMILES string of the molecule is CC(=O)c1cccc(NC(=O)C(C)OC(=O)C2=CN3CCS(=O)(=O)N=C3C=C2)c1. The van der Waals surface area contributed by atoms with E-state index in [1.54, 1.807) is 18.2 Å². The summed E-state index contributed by atoms with van der Waals surface area (Å²) < 4.78 is 31.9. The number of fused-ring (bicyclic) bond motifs is 1. The summed E-state index contributed by atoms with van der Waals surface area (Å²) in [5.74, 6) is -1.34. The molecule has 3 rings (SSSR count). The van der Waals surface area contributed by atoms with Gasteiger partial charge in [-0.15, -0.1) is 4.40 Å². The number of benzene rings is 1. The fourth-order valence-electron chi connectivity index (χ4n) is 2.66. The minimum Gasteiger partial charge on any atom is -0.449 e. The number of Topliss-reactive ketones (excluding diaryl/α,β-unsaturated/α-hetero) is 1. The standard InChI is InChI=1S/C19H19N3O6S/c1-12(23)14-4-3-5-16(10-14)20-18(24)13(2)28-19(25)15-6-7-17-21-29(26,27)9-8-22(17)11-15/h3-7,10-11,13H,8-9H2,1-2H3,(H,20,24). The molecule has 1 unspecified atom stereocenters. The van der Waals surface area contributed by atoms with Gasteiger partial charge in [-0.1, -0.05) is 12.1 Å². The first-order valence-electron chi connectivity index (χ1n) is 8.77. The number of hydrogen-bond acceptors (Lipinski definition) is 7. The molecule has 1 amide bonds. The zero-order valence-electron chi connectivity index (χ0n) is 15.8. The van der Waals surface area contributed by atoms with Gasteiger partial charge in [0.25, 0.3) is 15.9 Å². The number of anilines is 1. The molecular weight excluding hydrogens is 398 g/mol. The zero-order chi connectivity index (χ0) is 21.2. The zero-order valence-corrected chi connectivity index (χ0v) is 16.6. The summed E-state index contributed by atoms with van der Waals surface area (Å²) in [7, 11) is -3.48. The number of nitrogens with one attached hydrogen (secondary N) is 1. The van der Waals surface area contributed by atoms with Gasteiger partial charge in [-0.3, -0.25) is 9.59 Å². The predicted molar refractivity (Wildman–Crippen MR) is 106 cm³/mol. The summed E-state index contributed by atoms with van der Waals surface area (Å²) in [6.07, 6.45) is 3.15. The highest BCUT2D eigenvalue weighted by Gasteiger charge is 2.27. The van der Waals surface area contributed by atoms with Crippen molar-refractivity contribution in [1.82, 2.24) is 4.90 Å². The smallest absolute Gasteiger partial charge is 0.340 e.